The van der Waals surface area contributed by atoms with Gasteiger partial charge in [0.1, 0.15) is 13.2 Å². The molecule has 0 heterocycles. The Kier molecular flexibility index (Phi) is 39.3. The summed E-state index contributed by atoms with van der Waals surface area (Å²) >= 11 is 0. The van der Waals surface area contributed by atoms with Gasteiger partial charge < -0.3 is 53.1 Å². The lowest BCUT2D eigenvalue weighted by molar-refractivity contribution is -0.00857. The number of rotatable bonds is 34. The van der Waals surface area contributed by atoms with Crippen molar-refractivity contribution >= 4 is 23.8 Å². The predicted octanol–water partition coefficient (Wildman–Crippen LogP) is 4.12. The van der Waals surface area contributed by atoms with E-state index in [2.05, 4.69) is 113 Å². The molecule has 3 rings (SSSR count). The molecular weight excluding hydrogens is 775 g/mol. The molecule has 3 aromatic carbocycles. The van der Waals surface area contributed by atoms with Crippen LogP contribution in [0, 0.1) is 24.7 Å². The summed E-state index contributed by atoms with van der Waals surface area (Å²) < 4.78 is 52.1. The number of nitrogens with zero attached hydrogens (tertiary/aromatic N) is 3. The molecule has 3 aromatic rings. The van der Waals surface area contributed by atoms with Crippen LogP contribution in [0.5, 0.6) is 0 Å². The van der Waals surface area contributed by atoms with E-state index in [1.54, 1.807) is 0 Å². The maximum atomic E-state index is 8.03. The first-order valence-corrected chi connectivity index (χ1v) is 20.9. The van der Waals surface area contributed by atoms with Gasteiger partial charge in [0, 0.05) is 18.0 Å². The summed E-state index contributed by atoms with van der Waals surface area (Å²) in [6, 6.07) is 32.3. The number of ether oxygens (including phenoxy) is 10. The van der Waals surface area contributed by atoms with E-state index >= 15 is 0 Å². The highest BCUT2D eigenvalue weighted by atomic mass is 31.1. The molecular formula is C44H63N4O10P. The van der Waals surface area contributed by atoms with Crippen molar-refractivity contribution in [1.29, 1.82) is 0 Å². The van der Waals surface area contributed by atoms with Crippen LogP contribution >= 0.6 is 7.92 Å². The summed E-state index contributed by atoms with van der Waals surface area (Å²) in [4.78, 5) is 2.62. The smallest absolute Gasteiger partial charge is 0.107 e. The van der Waals surface area contributed by atoms with Gasteiger partial charge in [0.15, 0.2) is 0 Å². The monoisotopic (exact) mass is 838 g/mol. The van der Waals surface area contributed by atoms with Crippen LogP contribution in [0.1, 0.15) is 0 Å². The predicted molar refractivity (Wildman–Crippen MR) is 234 cm³/mol. The van der Waals surface area contributed by atoms with Gasteiger partial charge in [0.05, 0.1) is 119 Å². The topological polar surface area (TPSA) is 167 Å². The van der Waals surface area contributed by atoms with Gasteiger partial charge in [0.25, 0.3) is 0 Å². The van der Waals surface area contributed by atoms with Gasteiger partial charge in [-0.15, -0.1) is 12.8 Å². The van der Waals surface area contributed by atoms with E-state index in [1.165, 1.54) is 15.9 Å². The quantitative estimate of drug-likeness (QED) is 0.0230. The van der Waals surface area contributed by atoms with Gasteiger partial charge in [-0.3, -0.25) is 0 Å². The molecule has 0 atom stereocenters. The summed E-state index contributed by atoms with van der Waals surface area (Å²) in [5, 5.41) is 7.54. The molecule has 0 aliphatic heterocycles. The van der Waals surface area contributed by atoms with Gasteiger partial charge >= 0.3 is 0 Å². The van der Waals surface area contributed by atoms with Crippen molar-refractivity contribution in [3.8, 4) is 24.7 Å². The molecule has 0 amide bonds. The van der Waals surface area contributed by atoms with E-state index in [1.807, 2.05) is 0 Å². The highest BCUT2D eigenvalue weighted by molar-refractivity contribution is 7.79. The number of nitrogens with two attached hydrogens (primary N) is 1. The lowest BCUT2D eigenvalue weighted by atomic mass is 10.4. The molecule has 2 N–H and O–H groups in total. The molecule has 14 nitrogen and oxygen atoms in total. The third-order valence-electron chi connectivity index (χ3n) is 7.05. The Morgan fingerprint density at radius 1 is 0.441 bits per heavy atom. The normalized spacial score (nSPS) is 10.4. The van der Waals surface area contributed by atoms with E-state index in [9.17, 15) is 0 Å². The van der Waals surface area contributed by atoms with Crippen LogP contribution in [0.2, 0.25) is 0 Å². The van der Waals surface area contributed by atoms with Crippen molar-refractivity contribution in [2.24, 2.45) is 10.8 Å². The number of terminal acetylenes is 2. The fraction of sp³-hybridized carbons (Fsp3) is 0.500. The zero-order chi connectivity index (χ0) is 42.4. The van der Waals surface area contributed by atoms with Crippen molar-refractivity contribution in [3.05, 3.63) is 101 Å². The third-order valence-corrected chi connectivity index (χ3v) is 9.49. The molecule has 0 aromatic heterocycles. The summed E-state index contributed by atoms with van der Waals surface area (Å²) in [5.74, 6) is 4.76. The van der Waals surface area contributed by atoms with Crippen LogP contribution in [0.4, 0.5) is 0 Å². The Morgan fingerprint density at radius 3 is 0.983 bits per heavy atom. The van der Waals surface area contributed by atoms with Crippen LogP contribution in [-0.2, 0) is 47.4 Å². The molecule has 0 bridgehead atoms. The number of hydrogen-bond acceptors (Lipinski definition) is 12. The molecule has 59 heavy (non-hydrogen) atoms. The highest BCUT2D eigenvalue weighted by Gasteiger charge is 2.15. The van der Waals surface area contributed by atoms with E-state index in [-0.39, 0.29) is 0 Å². The minimum absolute atomic E-state index is 0.312. The maximum Gasteiger partial charge on any atom is 0.107 e. The van der Waals surface area contributed by atoms with E-state index in [4.69, 9.17) is 71.5 Å². The number of hydrogen-bond donors (Lipinski definition) is 1. The summed E-state index contributed by atoms with van der Waals surface area (Å²) in [7, 11) is -0.446. The number of azide groups is 1. The fourth-order valence-corrected chi connectivity index (χ4v) is 6.74. The van der Waals surface area contributed by atoms with Crippen molar-refractivity contribution < 1.29 is 47.4 Å². The minimum Gasteiger partial charge on any atom is -0.379 e. The van der Waals surface area contributed by atoms with Crippen LogP contribution in [0.15, 0.2) is 96.1 Å². The van der Waals surface area contributed by atoms with E-state index in [0.717, 1.165) is 0 Å². The second kappa shape index (κ2) is 43.7. The Balaban J connectivity index is 0.000000443. The zero-order valence-electron chi connectivity index (χ0n) is 34.3. The van der Waals surface area contributed by atoms with Gasteiger partial charge in [-0.1, -0.05) is 108 Å². The van der Waals surface area contributed by atoms with E-state index in [0.29, 0.717) is 145 Å². The Morgan fingerprint density at radius 2 is 0.712 bits per heavy atom. The van der Waals surface area contributed by atoms with Crippen molar-refractivity contribution in [1.82, 2.24) is 0 Å². The first kappa shape index (κ1) is 53.1. The standard InChI is InChI=1S/C18H15P.C13H23N3O5.C13H25NO5/c1-4-10-16(11-5-1)19(17-12-6-2-7-13-17)18-14-8-3-9-15-18;1-2-4-17-6-8-19-10-12-21-13-11-20-9-7-18-5-3-15-16-14;1-2-4-15-6-8-17-10-12-19-13-11-18-9-7-16-5-3-14/h1-15H;1H,3-13H2;1H,3-14H2. The minimum atomic E-state index is -0.446. The molecule has 15 heteroatoms. The van der Waals surface area contributed by atoms with Gasteiger partial charge in [-0.2, -0.15) is 0 Å². The van der Waals surface area contributed by atoms with E-state index < -0.39 is 7.92 Å². The molecule has 324 valence electrons. The molecule has 0 radical (unpaired) electrons. The highest BCUT2D eigenvalue weighted by Crippen LogP contribution is 2.32. The maximum absolute atomic E-state index is 8.03. The summed E-state index contributed by atoms with van der Waals surface area (Å²) in [5.41, 5.74) is 13.3. The van der Waals surface area contributed by atoms with Crippen LogP contribution in [0.3, 0.4) is 0 Å². The summed E-state index contributed by atoms with van der Waals surface area (Å²) in [6.45, 7) is 10.9. The third kappa shape index (κ3) is 33.6. The Labute approximate surface area is 352 Å². The average molecular weight is 839 g/mol. The second-order valence-electron chi connectivity index (χ2n) is 11.5. The van der Waals surface area contributed by atoms with Gasteiger partial charge in [-0.05, 0) is 29.4 Å². The molecule has 0 saturated heterocycles. The van der Waals surface area contributed by atoms with Gasteiger partial charge in [-0.25, -0.2) is 0 Å². The molecule has 0 aliphatic rings. The van der Waals surface area contributed by atoms with Gasteiger partial charge in [0.2, 0.25) is 0 Å². The van der Waals surface area contributed by atoms with Crippen molar-refractivity contribution in [2.45, 2.75) is 0 Å². The Hall–Kier alpha value is -3.92. The van der Waals surface area contributed by atoms with Crippen molar-refractivity contribution in [2.75, 3.05) is 145 Å². The van der Waals surface area contributed by atoms with Crippen LogP contribution in [-0.4, -0.2) is 145 Å². The van der Waals surface area contributed by atoms with Crippen molar-refractivity contribution in [3.63, 3.8) is 0 Å². The largest absolute Gasteiger partial charge is 0.379 e. The first-order valence-electron chi connectivity index (χ1n) is 19.6. The lowest BCUT2D eigenvalue weighted by Gasteiger charge is -2.18. The molecule has 0 aliphatic carbocycles. The second-order valence-corrected chi connectivity index (χ2v) is 13.7. The SMILES string of the molecule is C#CCOCCOCCOCCOCCOCCN.C#CCOCCOCCOCCOCCOCCN=[N+]=[N-].c1ccc(P(c2ccccc2)c2ccccc2)cc1. The fourth-order valence-electron chi connectivity index (χ4n) is 4.43. The average Bonchev–Trinajstić information content (AvgIpc) is 3.28. The molecule has 0 saturated carbocycles. The number of benzene rings is 3. The lowest BCUT2D eigenvalue weighted by Crippen LogP contribution is -2.20. The molecule has 0 unspecified atom stereocenters. The summed E-state index contributed by atoms with van der Waals surface area (Å²) in [6.07, 6.45) is 10.0. The van der Waals surface area contributed by atoms with Crippen LogP contribution in [0.25, 0.3) is 10.4 Å². The first-order chi connectivity index (χ1) is 29.3. The molecule has 0 fully saturated rings. The zero-order valence-corrected chi connectivity index (χ0v) is 35.2. The Bertz CT molecular complexity index is 1370. The molecule has 0 spiro atoms. The van der Waals surface area contributed by atoms with Crippen LogP contribution < -0.4 is 21.6 Å².